The van der Waals surface area contributed by atoms with Gasteiger partial charge in [-0.15, -0.1) is 0 Å². The molecule has 106 valence electrons. The van der Waals surface area contributed by atoms with Crippen LogP contribution in [0.4, 0.5) is 4.39 Å². The highest BCUT2D eigenvalue weighted by molar-refractivity contribution is 6.30. The van der Waals surface area contributed by atoms with E-state index in [4.69, 9.17) is 16.3 Å². The van der Waals surface area contributed by atoms with Crippen LogP contribution in [0, 0.1) is 11.7 Å². The third kappa shape index (κ3) is 3.68. The summed E-state index contributed by atoms with van der Waals surface area (Å²) in [5.41, 5.74) is 0.663. The Balaban J connectivity index is 2.22. The zero-order valence-electron chi connectivity index (χ0n) is 11.3. The molecule has 1 N–H and O–H groups in total. The van der Waals surface area contributed by atoms with Gasteiger partial charge in [0.05, 0.1) is 11.6 Å². The molecule has 0 amide bonds. The first kappa shape index (κ1) is 14.8. The van der Waals surface area contributed by atoms with E-state index in [-0.39, 0.29) is 16.9 Å². The van der Waals surface area contributed by atoms with E-state index >= 15 is 0 Å². The first-order valence-electron chi connectivity index (χ1n) is 6.99. The second-order valence-corrected chi connectivity index (χ2v) is 5.46. The van der Waals surface area contributed by atoms with Crippen molar-refractivity contribution in [2.24, 2.45) is 5.92 Å². The molecular formula is C15H21ClFNO. The number of hydrogen-bond donors (Lipinski definition) is 1. The lowest BCUT2D eigenvalue weighted by atomic mass is 9.88. The third-order valence-electron chi connectivity index (χ3n) is 3.60. The second-order valence-electron chi connectivity index (χ2n) is 5.05. The van der Waals surface area contributed by atoms with Gasteiger partial charge in [-0.1, -0.05) is 30.7 Å². The van der Waals surface area contributed by atoms with Crippen molar-refractivity contribution in [3.05, 3.63) is 34.6 Å². The molecule has 2 nitrogen and oxygen atoms in total. The molecule has 0 bridgehead atoms. The second kappa shape index (κ2) is 7.22. The molecule has 1 fully saturated rings. The van der Waals surface area contributed by atoms with Gasteiger partial charge in [-0.25, -0.2) is 4.39 Å². The van der Waals surface area contributed by atoms with Gasteiger partial charge in [0.25, 0.3) is 0 Å². The minimum absolute atomic E-state index is 0.0149. The van der Waals surface area contributed by atoms with Crippen LogP contribution in [0.15, 0.2) is 18.2 Å². The Hall–Kier alpha value is -0.640. The summed E-state index contributed by atoms with van der Waals surface area (Å²) < 4.78 is 19.8. The summed E-state index contributed by atoms with van der Waals surface area (Å²) in [6.45, 7) is 4.48. The molecule has 0 saturated carbocycles. The first-order chi connectivity index (χ1) is 9.24. The minimum Gasteiger partial charge on any atom is -0.381 e. The van der Waals surface area contributed by atoms with Crippen molar-refractivity contribution in [3.8, 4) is 0 Å². The maximum Gasteiger partial charge on any atom is 0.146 e. The van der Waals surface area contributed by atoms with E-state index in [1.807, 2.05) is 12.1 Å². The van der Waals surface area contributed by atoms with Crippen LogP contribution in [-0.2, 0) is 4.74 Å². The van der Waals surface area contributed by atoms with Crippen LogP contribution in [0.1, 0.15) is 37.8 Å². The van der Waals surface area contributed by atoms with Crippen molar-refractivity contribution in [2.45, 2.75) is 32.2 Å². The molecule has 1 saturated heterocycles. The Morgan fingerprint density at radius 1 is 1.53 bits per heavy atom. The Bertz CT molecular complexity index is 407. The Morgan fingerprint density at radius 2 is 2.37 bits per heavy atom. The topological polar surface area (TPSA) is 21.3 Å². The predicted octanol–water partition coefficient (Wildman–Crippen LogP) is 3.95. The zero-order chi connectivity index (χ0) is 13.7. The van der Waals surface area contributed by atoms with E-state index in [9.17, 15) is 4.39 Å². The number of hydrogen-bond acceptors (Lipinski definition) is 2. The van der Waals surface area contributed by atoms with E-state index < -0.39 is 0 Å². The molecule has 2 unspecified atom stereocenters. The standard InChI is InChI=1S/C15H21ClFNO/c1-2-8-18-15(11-5-4-9-19-10-11)12-6-3-7-13(16)14(12)17/h3,6-7,11,15,18H,2,4-5,8-10H2,1H3. The van der Waals surface area contributed by atoms with Crippen LogP contribution in [0.3, 0.4) is 0 Å². The van der Waals surface area contributed by atoms with Crippen LogP contribution in [0.2, 0.25) is 5.02 Å². The number of nitrogens with one attached hydrogen (secondary N) is 1. The quantitative estimate of drug-likeness (QED) is 0.884. The summed E-state index contributed by atoms with van der Waals surface area (Å²) in [5.74, 6) is 0.0107. The van der Waals surface area contributed by atoms with Gasteiger partial charge in [-0.3, -0.25) is 0 Å². The van der Waals surface area contributed by atoms with Crippen molar-refractivity contribution < 1.29 is 9.13 Å². The lowest BCUT2D eigenvalue weighted by molar-refractivity contribution is 0.0385. The van der Waals surface area contributed by atoms with Gasteiger partial charge < -0.3 is 10.1 Å². The van der Waals surface area contributed by atoms with Crippen molar-refractivity contribution >= 4 is 11.6 Å². The predicted molar refractivity (Wildman–Crippen MR) is 76.0 cm³/mol. The fourth-order valence-corrected chi connectivity index (χ4v) is 2.80. The van der Waals surface area contributed by atoms with Gasteiger partial charge in [-0.2, -0.15) is 0 Å². The summed E-state index contributed by atoms with van der Waals surface area (Å²) in [7, 11) is 0. The van der Waals surface area contributed by atoms with Crippen molar-refractivity contribution in [1.82, 2.24) is 5.32 Å². The van der Waals surface area contributed by atoms with Crippen molar-refractivity contribution in [2.75, 3.05) is 19.8 Å². The Morgan fingerprint density at radius 3 is 3.05 bits per heavy atom. The van der Waals surface area contributed by atoms with Crippen molar-refractivity contribution in [1.29, 1.82) is 0 Å². The summed E-state index contributed by atoms with van der Waals surface area (Å²) in [5, 5.41) is 3.64. The molecule has 1 heterocycles. The molecule has 1 aromatic carbocycles. The van der Waals surface area contributed by atoms with Gasteiger partial charge in [0.1, 0.15) is 5.82 Å². The number of rotatable bonds is 5. The molecule has 0 aromatic heterocycles. The number of benzene rings is 1. The summed E-state index contributed by atoms with van der Waals surface area (Å²) in [6.07, 6.45) is 3.12. The van der Waals surface area contributed by atoms with Gasteiger partial charge in [0, 0.05) is 24.1 Å². The van der Waals surface area contributed by atoms with E-state index in [2.05, 4.69) is 12.2 Å². The average molecular weight is 286 g/mol. The van der Waals surface area contributed by atoms with Crippen molar-refractivity contribution in [3.63, 3.8) is 0 Å². The first-order valence-corrected chi connectivity index (χ1v) is 7.37. The fourth-order valence-electron chi connectivity index (χ4n) is 2.62. The highest BCUT2D eigenvalue weighted by atomic mass is 35.5. The smallest absolute Gasteiger partial charge is 0.146 e. The van der Waals surface area contributed by atoms with Crippen LogP contribution < -0.4 is 5.32 Å². The molecule has 2 rings (SSSR count). The summed E-state index contributed by atoms with van der Waals surface area (Å²) in [4.78, 5) is 0. The molecule has 1 aliphatic rings. The normalized spacial score (nSPS) is 21.3. The molecule has 1 aliphatic heterocycles. The molecule has 0 aliphatic carbocycles. The number of ether oxygens (including phenoxy) is 1. The average Bonchev–Trinajstić information content (AvgIpc) is 2.45. The molecule has 0 radical (unpaired) electrons. The maximum absolute atomic E-state index is 14.2. The van der Waals surface area contributed by atoms with Gasteiger partial charge >= 0.3 is 0 Å². The SMILES string of the molecule is CCCNC(c1cccc(Cl)c1F)C1CCCOC1. The summed E-state index contributed by atoms with van der Waals surface area (Å²) >= 11 is 5.90. The molecule has 19 heavy (non-hydrogen) atoms. The molecule has 0 spiro atoms. The molecule has 2 atom stereocenters. The monoisotopic (exact) mass is 285 g/mol. The highest BCUT2D eigenvalue weighted by Gasteiger charge is 2.27. The van der Waals surface area contributed by atoms with E-state index in [0.29, 0.717) is 18.1 Å². The Kier molecular flexibility index (Phi) is 5.61. The van der Waals surface area contributed by atoms with Crippen LogP contribution in [-0.4, -0.2) is 19.8 Å². The van der Waals surface area contributed by atoms with Gasteiger partial charge in [0.15, 0.2) is 0 Å². The van der Waals surface area contributed by atoms with Gasteiger partial charge in [-0.05, 0) is 31.9 Å². The third-order valence-corrected chi connectivity index (χ3v) is 3.89. The Labute approximate surface area is 119 Å². The minimum atomic E-state index is -0.302. The van der Waals surface area contributed by atoms with Crippen LogP contribution >= 0.6 is 11.6 Å². The van der Waals surface area contributed by atoms with E-state index in [0.717, 1.165) is 32.4 Å². The molecule has 4 heteroatoms. The van der Waals surface area contributed by atoms with Crippen LogP contribution in [0.5, 0.6) is 0 Å². The lowest BCUT2D eigenvalue weighted by Gasteiger charge is -2.31. The molecular weight excluding hydrogens is 265 g/mol. The fraction of sp³-hybridized carbons (Fsp3) is 0.600. The van der Waals surface area contributed by atoms with E-state index in [1.54, 1.807) is 6.07 Å². The van der Waals surface area contributed by atoms with E-state index in [1.165, 1.54) is 0 Å². The highest BCUT2D eigenvalue weighted by Crippen LogP contribution is 2.32. The van der Waals surface area contributed by atoms with Gasteiger partial charge in [0.2, 0.25) is 0 Å². The lowest BCUT2D eigenvalue weighted by Crippen LogP contribution is -2.34. The summed E-state index contributed by atoms with van der Waals surface area (Å²) in [6, 6.07) is 5.21. The van der Waals surface area contributed by atoms with Crippen LogP contribution in [0.25, 0.3) is 0 Å². The number of halogens is 2. The maximum atomic E-state index is 14.2. The largest absolute Gasteiger partial charge is 0.381 e. The zero-order valence-corrected chi connectivity index (χ0v) is 12.0. The molecule has 1 aromatic rings.